The van der Waals surface area contributed by atoms with Crippen molar-refractivity contribution in [2.75, 3.05) is 11.1 Å². The number of anilines is 1. The summed E-state index contributed by atoms with van der Waals surface area (Å²) in [7, 11) is 0. The summed E-state index contributed by atoms with van der Waals surface area (Å²) in [5.74, 6) is 1.77. The fourth-order valence-corrected chi connectivity index (χ4v) is 3.78. The first-order chi connectivity index (χ1) is 9.79. The predicted molar refractivity (Wildman–Crippen MR) is 82.3 cm³/mol. The van der Waals surface area contributed by atoms with Crippen LogP contribution in [0.4, 0.5) is 5.69 Å². The third-order valence-electron chi connectivity index (χ3n) is 3.54. The van der Waals surface area contributed by atoms with Crippen LogP contribution < -0.4 is 5.32 Å². The summed E-state index contributed by atoms with van der Waals surface area (Å²) in [6.45, 7) is 1.87. The number of aromatic nitrogens is 1. The van der Waals surface area contributed by atoms with Crippen molar-refractivity contribution < 1.29 is 4.42 Å². The molecule has 2 aromatic carbocycles. The molecule has 100 valence electrons. The van der Waals surface area contributed by atoms with E-state index in [-0.39, 0.29) is 0 Å². The first kappa shape index (κ1) is 11.9. The quantitative estimate of drug-likeness (QED) is 0.756. The normalized spacial score (nSPS) is 17.4. The van der Waals surface area contributed by atoms with Gasteiger partial charge in [0, 0.05) is 23.3 Å². The molecule has 0 fully saturated rings. The molecule has 20 heavy (non-hydrogen) atoms. The lowest BCUT2D eigenvalue weighted by Gasteiger charge is -2.14. The zero-order chi connectivity index (χ0) is 13.5. The topological polar surface area (TPSA) is 38.1 Å². The maximum Gasteiger partial charge on any atom is 0.192 e. The van der Waals surface area contributed by atoms with Crippen molar-refractivity contribution in [3.05, 3.63) is 53.9 Å². The molecule has 3 aromatic rings. The fourth-order valence-electron chi connectivity index (χ4n) is 2.62. The highest BCUT2D eigenvalue weighted by atomic mass is 32.2. The Morgan fingerprint density at radius 1 is 1.25 bits per heavy atom. The van der Waals surface area contributed by atoms with Gasteiger partial charge in [-0.3, -0.25) is 0 Å². The van der Waals surface area contributed by atoms with Crippen LogP contribution in [0.2, 0.25) is 0 Å². The van der Waals surface area contributed by atoms with Crippen LogP contribution in [0.5, 0.6) is 0 Å². The van der Waals surface area contributed by atoms with E-state index in [1.165, 1.54) is 10.5 Å². The lowest BCUT2D eigenvalue weighted by molar-refractivity contribution is 0.561. The average Bonchev–Trinajstić information content (AvgIpc) is 3.02. The van der Waals surface area contributed by atoms with E-state index in [0.29, 0.717) is 11.9 Å². The summed E-state index contributed by atoms with van der Waals surface area (Å²) in [6, 6.07) is 15.0. The monoisotopic (exact) mass is 282 g/mol. The van der Waals surface area contributed by atoms with Gasteiger partial charge in [-0.15, -0.1) is 11.8 Å². The van der Waals surface area contributed by atoms with Crippen molar-refractivity contribution in [1.29, 1.82) is 0 Å². The number of fused-ring (bicyclic) bond motifs is 2. The first-order valence-corrected chi connectivity index (χ1v) is 7.63. The Bertz CT molecular complexity index is 781. The van der Waals surface area contributed by atoms with Gasteiger partial charge in [-0.05, 0) is 29.8 Å². The van der Waals surface area contributed by atoms with Gasteiger partial charge in [-0.2, -0.15) is 0 Å². The minimum atomic E-state index is 0.363. The standard InChI is InChI=1S/C16H14N2OS/c1-10-17-13-8-11(6-7-15(13)19-10)18-14-9-20-16-5-3-2-4-12(14)16/h2-8,14,18H,9H2,1H3. The summed E-state index contributed by atoms with van der Waals surface area (Å²) in [6.07, 6.45) is 0. The minimum Gasteiger partial charge on any atom is -0.441 e. The Morgan fingerprint density at radius 2 is 2.15 bits per heavy atom. The zero-order valence-corrected chi connectivity index (χ0v) is 11.9. The molecule has 4 heteroatoms. The molecule has 4 rings (SSSR count). The molecule has 0 spiro atoms. The number of thioether (sulfide) groups is 1. The molecule has 0 radical (unpaired) electrons. The van der Waals surface area contributed by atoms with Crippen molar-refractivity contribution >= 4 is 28.5 Å². The zero-order valence-electron chi connectivity index (χ0n) is 11.1. The number of rotatable bonds is 2. The number of hydrogen-bond donors (Lipinski definition) is 1. The summed E-state index contributed by atoms with van der Waals surface area (Å²) >= 11 is 1.91. The van der Waals surface area contributed by atoms with E-state index in [0.717, 1.165) is 22.5 Å². The van der Waals surface area contributed by atoms with Gasteiger partial charge < -0.3 is 9.73 Å². The number of aryl methyl sites for hydroxylation is 1. The molecule has 0 bridgehead atoms. The Labute approximate surface area is 121 Å². The maximum absolute atomic E-state index is 5.51. The van der Waals surface area contributed by atoms with Gasteiger partial charge >= 0.3 is 0 Å². The Hall–Kier alpha value is -1.94. The number of hydrogen-bond acceptors (Lipinski definition) is 4. The molecular formula is C16H14N2OS. The molecule has 0 saturated heterocycles. The van der Waals surface area contributed by atoms with Crippen LogP contribution in [0.15, 0.2) is 51.8 Å². The van der Waals surface area contributed by atoms with Crippen LogP contribution in [-0.4, -0.2) is 10.7 Å². The SMILES string of the molecule is Cc1nc2cc(NC3CSc4ccccc43)ccc2o1. The summed E-state index contributed by atoms with van der Waals surface area (Å²) in [5, 5.41) is 3.60. The van der Waals surface area contributed by atoms with Crippen LogP contribution in [0.25, 0.3) is 11.1 Å². The van der Waals surface area contributed by atoms with Crippen LogP contribution in [0.1, 0.15) is 17.5 Å². The number of benzene rings is 2. The van der Waals surface area contributed by atoms with E-state index >= 15 is 0 Å². The summed E-state index contributed by atoms with van der Waals surface area (Å²) < 4.78 is 5.51. The van der Waals surface area contributed by atoms with Crippen LogP contribution in [0.3, 0.4) is 0 Å². The van der Waals surface area contributed by atoms with E-state index in [1.807, 2.05) is 24.8 Å². The number of nitrogens with zero attached hydrogens (tertiary/aromatic N) is 1. The van der Waals surface area contributed by atoms with Crippen molar-refractivity contribution in [3.8, 4) is 0 Å². The summed E-state index contributed by atoms with van der Waals surface area (Å²) in [5.41, 5.74) is 4.22. The molecular weight excluding hydrogens is 268 g/mol. The molecule has 1 aliphatic heterocycles. The van der Waals surface area contributed by atoms with Gasteiger partial charge in [0.1, 0.15) is 5.52 Å². The molecule has 1 aliphatic rings. The summed E-state index contributed by atoms with van der Waals surface area (Å²) in [4.78, 5) is 5.76. The first-order valence-electron chi connectivity index (χ1n) is 6.65. The van der Waals surface area contributed by atoms with Gasteiger partial charge in [0.05, 0.1) is 6.04 Å². The Balaban J connectivity index is 1.65. The number of oxazole rings is 1. The lowest BCUT2D eigenvalue weighted by atomic mass is 10.1. The lowest BCUT2D eigenvalue weighted by Crippen LogP contribution is -2.09. The van der Waals surface area contributed by atoms with Gasteiger partial charge in [0.15, 0.2) is 11.5 Å². The Kier molecular flexibility index (Phi) is 2.70. The van der Waals surface area contributed by atoms with Crippen molar-refractivity contribution in [1.82, 2.24) is 4.98 Å². The van der Waals surface area contributed by atoms with Gasteiger partial charge in [0.25, 0.3) is 0 Å². The molecule has 0 amide bonds. The molecule has 1 atom stereocenters. The molecule has 0 saturated carbocycles. The van der Waals surface area contributed by atoms with E-state index in [9.17, 15) is 0 Å². The van der Waals surface area contributed by atoms with Crippen molar-refractivity contribution in [3.63, 3.8) is 0 Å². The molecule has 2 heterocycles. The van der Waals surface area contributed by atoms with E-state index in [1.54, 1.807) is 0 Å². The average molecular weight is 282 g/mol. The van der Waals surface area contributed by atoms with Crippen LogP contribution in [-0.2, 0) is 0 Å². The smallest absolute Gasteiger partial charge is 0.192 e. The largest absolute Gasteiger partial charge is 0.441 e. The highest BCUT2D eigenvalue weighted by Gasteiger charge is 2.22. The third kappa shape index (κ3) is 1.96. The van der Waals surface area contributed by atoms with Crippen LogP contribution in [0, 0.1) is 6.92 Å². The second kappa shape index (κ2) is 4.56. The van der Waals surface area contributed by atoms with Gasteiger partial charge in [0.2, 0.25) is 0 Å². The Morgan fingerprint density at radius 3 is 3.10 bits per heavy atom. The van der Waals surface area contributed by atoms with E-state index in [4.69, 9.17) is 4.42 Å². The van der Waals surface area contributed by atoms with Crippen LogP contribution >= 0.6 is 11.8 Å². The predicted octanol–water partition coefficient (Wildman–Crippen LogP) is 4.40. The molecule has 0 aliphatic carbocycles. The third-order valence-corrected chi connectivity index (χ3v) is 4.72. The van der Waals surface area contributed by atoms with Gasteiger partial charge in [-0.25, -0.2) is 4.98 Å². The molecule has 1 unspecified atom stereocenters. The molecule has 1 N–H and O–H groups in total. The van der Waals surface area contributed by atoms with Gasteiger partial charge in [-0.1, -0.05) is 18.2 Å². The van der Waals surface area contributed by atoms with E-state index in [2.05, 4.69) is 46.7 Å². The fraction of sp³-hybridized carbons (Fsp3) is 0.188. The highest BCUT2D eigenvalue weighted by molar-refractivity contribution is 7.99. The second-order valence-electron chi connectivity index (χ2n) is 4.96. The number of nitrogens with one attached hydrogen (secondary N) is 1. The second-order valence-corrected chi connectivity index (χ2v) is 6.02. The van der Waals surface area contributed by atoms with Crippen molar-refractivity contribution in [2.24, 2.45) is 0 Å². The molecule has 3 nitrogen and oxygen atoms in total. The highest BCUT2D eigenvalue weighted by Crippen LogP contribution is 2.39. The minimum absolute atomic E-state index is 0.363. The molecule has 1 aromatic heterocycles. The van der Waals surface area contributed by atoms with E-state index < -0.39 is 0 Å². The maximum atomic E-state index is 5.51. The van der Waals surface area contributed by atoms with Crippen molar-refractivity contribution in [2.45, 2.75) is 17.9 Å².